The number of likely N-dealkylation sites (tertiary alicyclic amines) is 1. The van der Waals surface area contributed by atoms with Crippen molar-refractivity contribution in [3.8, 4) is 0 Å². The fourth-order valence-electron chi connectivity index (χ4n) is 3.51. The van der Waals surface area contributed by atoms with E-state index in [-0.39, 0.29) is 30.6 Å². The van der Waals surface area contributed by atoms with Crippen LogP contribution in [0.3, 0.4) is 0 Å². The van der Waals surface area contributed by atoms with Gasteiger partial charge in [-0.05, 0) is 44.5 Å². The quantitative estimate of drug-likeness (QED) is 0.738. The average molecular weight is 366 g/mol. The van der Waals surface area contributed by atoms with Crippen LogP contribution in [0.1, 0.15) is 25.0 Å². The Morgan fingerprint density at radius 3 is 2.81 bits per heavy atom. The normalized spacial score (nSPS) is 25.1. The van der Waals surface area contributed by atoms with Crippen molar-refractivity contribution in [3.05, 3.63) is 24.2 Å². The Morgan fingerprint density at radius 2 is 2.12 bits per heavy atom. The van der Waals surface area contributed by atoms with Crippen molar-refractivity contribution < 1.29 is 28.6 Å². The van der Waals surface area contributed by atoms with Gasteiger partial charge in [0.05, 0.1) is 31.6 Å². The van der Waals surface area contributed by atoms with Gasteiger partial charge in [0, 0.05) is 12.5 Å². The van der Waals surface area contributed by atoms with E-state index in [1.54, 1.807) is 6.26 Å². The summed E-state index contributed by atoms with van der Waals surface area (Å²) >= 11 is 0. The summed E-state index contributed by atoms with van der Waals surface area (Å²) in [7, 11) is 0. The molecule has 0 bridgehead atoms. The molecule has 0 saturated carbocycles. The van der Waals surface area contributed by atoms with Crippen LogP contribution in [0.15, 0.2) is 22.8 Å². The average Bonchev–Trinajstić information content (AvgIpc) is 3.14. The molecule has 8 heteroatoms. The first-order valence-corrected chi connectivity index (χ1v) is 9.08. The standard InChI is InChI=1S/C18H26N2O6/c21-17(22)12-26-16-5-9-24-11-15(16)19-18(23)13-3-6-20(7-4-13)10-14-2-1-8-25-14/h1-2,8,13,15-16H,3-7,9-12H2,(H,19,23)(H,21,22)/t15-,16+/m0/s1. The van der Waals surface area contributed by atoms with Gasteiger partial charge in [-0.1, -0.05) is 0 Å². The highest BCUT2D eigenvalue weighted by atomic mass is 16.5. The summed E-state index contributed by atoms with van der Waals surface area (Å²) in [6.07, 6.45) is 3.52. The molecule has 3 rings (SSSR count). The molecule has 144 valence electrons. The molecule has 0 aliphatic carbocycles. The number of rotatable bonds is 7. The first-order valence-electron chi connectivity index (χ1n) is 9.08. The number of nitrogens with one attached hydrogen (secondary N) is 1. The molecule has 2 aliphatic rings. The van der Waals surface area contributed by atoms with Gasteiger partial charge in [-0.15, -0.1) is 0 Å². The van der Waals surface area contributed by atoms with E-state index in [1.165, 1.54) is 0 Å². The van der Waals surface area contributed by atoms with E-state index in [9.17, 15) is 9.59 Å². The summed E-state index contributed by atoms with van der Waals surface area (Å²) in [5, 5.41) is 11.8. The molecule has 1 aromatic rings. The summed E-state index contributed by atoms with van der Waals surface area (Å²) < 4.78 is 16.2. The lowest BCUT2D eigenvalue weighted by Gasteiger charge is -2.35. The largest absolute Gasteiger partial charge is 0.480 e. The van der Waals surface area contributed by atoms with Crippen molar-refractivity contribution in [2.75, 3.05) is 32.9 Å². The van der Waals surface area contributed by atoms with Crippen LogP contribution >= 0.6 is 0 Å². The van der Waals surface area contributed by atoms with Gasteiger partial charge in [0.1, 0.15) is 12.4 Å². The topological polar surface area (TPSA) is 101 Å². The van der Waals surface area contributed by atoms with Gasteiger partial charge in [0.25, 0.3) is 0 Å². The molecule has 0 unspecified atom stereocenters. The number of piperidine rings is 1. The first-order chi connectivity index (χ1) is 12.6. The molecular formula is C18H26N2O6. The van der Waals surface area contributed by atoms with Crippen LogP contribution in [0.25, 0.3) is 0 Å². The summed E-state index contributed by atoms with van der Waals surface area (Å²) in [4.78, 5) is 25.6. The van der Waals surface area contributed by atoms with Gasteiger partial charge in [-0.3, -0.25) is 9.69 Å². The van der Waals surface area contributed by atoms with Gasteiger partial charge in [-0.2, -0.15) is 0 Å². The Kier molecular flexibility index (Phi) is 6.65. The number of hydrogen-bond acceptors (Lipinski definition) is 6. The molecule has 2 saturated heterocycles. The van der Waals surface area contributed by atoms with Crippen LogP contribution in [0, 0.1) is 5.92 Å². The third-order valence-corrected chi connectivity index (χ3v) is 4.96. The monoisotopic (exact) mass is 366 g/mol. The zero-order chi connectivity index (χ0) is 18.4. The molecule has 0 radical (unpaired) electrons. The van der Waals surface area contributed by atoms with Crippen LogP contribution in [0.2, 0.25) is 0 Å². The molecular weight excluding hydrogens is 340 g/mol. The molecule has 0 spiro atoms. The second-order valence-corrected chi connectivity index (χ2v) is 6.85. The molecule has 8 nitrogen and oxygen atoms in total. The number of carbonyl (C=O) groups is 2. The summed E-state index contributed by atoms with van der Waals surface area (Å²) in [6, 6.07) is 3.54. The number of nitrogens with zero attached hydrogens (tertiary/aromatic N) is 1. The lowest BCUT2D eigenvalue weighted by Crippen LogP contribution is -2.53. The molecule has 2 N–H and O–H groups in total. The number of amides is 1. The van der Waals surface area contributed by atoms with Gasteiger partial charge < -0.3 is 24.3 Å². The minimum atomic E-state index is -1.01. The Bertz CT molecular complexity index is 583. The SMILES string of the molecule is O=C(O)CO[C@@H]1CCOC[C@@H]1NC(=O)C1CCN(Cc2ccco2)CC1. The molecule has 2 atom stereocenters. The molecule has 0 aromatic carbocycles. The Balaban J connectivity index is 1.44. The molecule has 1 amide bonds. The molecule has 26 heavy (non-hydrogen) atoms. The third kappa shape index (κ3) is 5.30. The van der Waals surface area contributed by atoms with Crippen LogP contribution in [-0.2, 0) is 25.6 Å². The Hall–Kier alpha value is -1.90. The van der Waals surface area contributed by atoms with Crippen molar-refractivity contribution in [1.82, 2.24) is 10.2 Å². The lowest BCUT2D eigenvalue weighted by atomic mass is 9.95. The summed E-state index contributed by atoms with van der Waals surface area (Å²) in [5.41, 5.74) is 0. The zero-order valence-electron chi connectivity index (χ0n) is 14.8. The number of furan rings is 1. The fraction of sp³-hybridized carbons (Fsp3) is 0.667. The van der Waals surface area contributed by atoms with E-state index in [1.807, 2.05) is 12.1 Å². The van der Waals surface area contributed by atoms with Crippen LogP contribution in [-0.4, -0.2) is 66.9 Å². The van der Waals surface area contributed by atoms with Crippen molar-refractivity contribution >= 4 is 11.9 Å². The molecule has 2 aliphatic heterocycles. The van der Waals surface area contributed by atoms with E-state index < -0.39 is 5.97 Å². The van der Waals surface area contributed by atoms with Crippen LogP contribution in [0.5, 0.6) is 0 Å². The molecule has 2 fully saturated rings. The third-order valence-electron chi connectivity index (χ3n) is 4.96. The van der Waals surface area contributed by atoms with E-state index >= 15 is 0 Å². The summed E-state index contributed by atoms with van der Waals surface area (Å²) in [5.74, 6) is -0.108. The van der Waals surface area contributed by atoms with Crippen LogP contribution in [0.4, 0.5) is 0 Å². The predicted octanol–water partition coefficient (Wildman–Crippen LogP) is 0.867. The minimum Gasteiger partial charge on any atom is -0.480 e. The van der Waals surface area contributed by atoms with E-state index in [2.05, 4.69) is 10.2 Å². The van der Waals surface area contributed by atoms with Crippen LogP contribution < -0.4 is 5.32 Å². The van der Waals surface area contributed by atoms with Crippen molar-refractivity contribution in [2.24, 2.45) is 5.92 Å². The van der Waals surface area contributed by atoms with Crippen molar-refractivity contribution in [3.63, 3.8) is 0 Å². The first kappa shape index (κ1) is 18.9. The van der Waals surface area contributed by atoms with E-state index in [0.29, 0.717) is 19.6 Å². The van der Waals surface area contributed by atoms with Gasteiger partial charge in [0.15, 0.2) is 0 Å². The number of hydrogen-bond donors (Lipinski definition) is 2. The lowest BCUT2D eigenvalue weighted by molar-refractivity contribution is -0.148. The highest BCUT2D eigenvalue weighted by Gasteiger charge is 2.32. The van der Waals surface area contributed by atoms with Crippen molar-refractivity contribution in [2.45, 2.75) is 38.0 Å². The van der Waals surface area contributed by atoms with Crippen molar-refractivity contribution in [1.29, 1.82) is 0 Å². The molecule has 1 aromatic heterocycles. The van der Waals surface area contributed by atoms with Gasteiger partial charge in [0.2, 0.25) is 5.91 Å². The minimum absolute atomic E-state index is 0.00192. The highest BCUT2D eigenvalue weighted by molar-refractivity contribution is 5.79. The fourth-order valence-corrected chi connectivity index (χ4v) is 3.51. The maximum absolute atomic E-state index is 12.6. The Labute approximate surface area is 152 Å². The number of carboxylic acid groups (broad SMARTS) is 1. The van der Waals surface area contributed by atoms with E-state index in [4.69, 9.17) is 19.0 Å². The summed E-state index contributed by atoms with van der Waals surface area (Å²) in [6.45, 7) is 2.97. The molecule has 3 heterocycles. The van der Waals surface area contributed by atoms with Gasteiger partial charge in [-0.25, -0.2) is 4.79 Å². The predicted molar refractivity (Wildman–Crippen MR) is 91.5 cm³/mol. The van der Waals surface area contributed by atoms with E-state index in [0.717, 1.165) is 38.2 Å². The maximum atomic E-state index is 12.6. The second-order valence-electron chi connectivity index (χ2n) is 6.85. The maximum Gasteiger partial charge on any atom is 0.329 e. The smallest absolute Gasteiger partial charge is 0.329 e. The van der Waals surface area contributed by atoms with Gasteiger partial charge >= 0.3 is 5.97 Å². The zero-order valence-corrected chi connectivity index (χ0v) is 14.8. The Morgan fingerprint density at radius 1 is 1.31 bits per heavy atom. The second kappa shape index (κ2) is 9.16. The number of ether oxygens (including phenoxy) is 2. The highest BCUT2D eigenvalue weighted by Crippen LogP contribution is 2.20. The number of carboxylic acids is 1. The number of carbonyl (C=O) groups excluding carboxylic acids is 1. The number of aliphatic carboxylic acids is 1.